The van der Waals surface area contributed by atoms with Crippen molar-refractivity contribution < 1.29 is 0 Å². The van der Waals surface area contributed by atoms with Crippen molar-refractivity contribution in [3.8, 4) is 6.07 Å². The molecule has 1 fully saturated rings. The van der Waals surface area contributed by atoms with Crippen LogP contribution in [-0.4, -0.2) is 21.5 Å². The summed E-state index contributed by atoms with van der Waals surface area (Å²) < 4.78 is 0. The number of nitrogens with zero attached hydrogens (tertiary/aromatic N) is 6. The summed E-state index contributed by atoms with van der Waals surface area (Å²) in [5, 5.41) is 9.77. The zero-order chi connectivity index (χ0) is 24.5. The number of pyridine rings is 1. The predicted molar refractivity (Wildman–Crippen MR) is 141 cm³/mol. The summed E-state index contributed by atoms with van der Waals surface area (Å²) in [6.07, 6.45) is 7.06. The van der Waals surface area contributed by atoms with Crippen molar-refractivity contribution >= 4 is 17.2 Å². The molecule has 1 aliphatic carbocycles. The largest absolute Gasteiger partial charge is 0.366 e. The predicted octanol–water partition coefficient (Wildman–Crippen LogP) is 5.83. The van der Waals surface area contributed by atoms with Gasteiger partial charge in [0, 0.05) is 37.0 Å². The van der Waals surface area contributed by atoms with E-state index in [1.807, 2.05) is 25.3 Å². The van der Waals surface area contributed by atoms with Crippen molar-refractivity contribution in [1.82, 2.24) is 15.0 Å². The van der Waals surface area contributed by atoms with Gasteiger partial charge in [-0.3, -0.25) is 4.98 Å². The van der Waals surface area contributed by atoms with Crippen LogP contribution in [0, 0.1) is 18.3 Å². The molecule has 178 valence electrons. The molecule has 0 atom stereocenters. The molecule has 4 aromatic rings. The number of aryl methyl sites for hydroxylation is 1. The highest BCUT2D eigenvalue weighted by molar-refractivity contribution is 5.67. The summed E-state index contributed by atoms with van der Waals surface area (Å²) in [4.78, 5) is 18.8. The van der Waals surface area contributed by atoms with E-state index in [2.05, 4.69) is 69.4 Å². The normalized spacial score (nSPS) is 14.7. The van der Waals surface area contributed by atoms with Crippen molar-refractivity contribution in [2.75, 3.05) is 16.3 Å². The zero-order valence-electron chi connectivity index (χ0n) is 20.4. The Kier molecular flexibility index (Phi) is 5.82. The molecule has 1 saturated carbocycles. The molecule has 1 aliphatic heterocycles. The van der Waals surface area contributed by atoms with Crippen molar-refractivity contribution in [3.05, 3.63) is 107 Å². The Hall–Kier alpha value is -4.24. The number of hydrogen-bond donors (Lipinski definition) is 0. The van der Waals surface area contributed by atoms with Crippen LogP contribution in [0.5, 0.6) is 0 Å². The first-order valence-corrected chi connectivity index (χ1v) is 12.6. The summed E-state index contributed by atoms with van der Waals surface area (Å²) in [5.41, 5.74) is 8.35. The van der Waals surface area contributed by atoms with E-state index in [4.69, 9.17) is 9.97 Å². The standard InChI is InChI=1S/C30H28N6/c1-21-7-12-29(24(15-21)16-31)35-14-13-28-27(19-35)30(34-20-33-28)36(26-5-3-2-4-6-26)18-25-11-10-23(17-32-25)22-8-9-22/h2-7,10-12,15,17,20,22H,8-9,13-14,18-19H2,1H3. The van der Waals surface area contributed by atoms with Crippen LogP contribution in [0.25, 0.3) is 0 Å². The number of rotatable bonds is 6. The number of nitriles is 1. The van der Waals surface area contributed by atoms with Gasteiger partial charge >= 0.3 is 0 Å². The van der Waals surface area contributed by atoms with Gasteiger partial charge in [-0.25, -0.2) is 9.97 Å². The molecule has 3 heterocycles. The number of aromatic nitrogens is 3. The van der Waals surface area contributed by atoms with Gasteiger partial charge in [0.1, 0.15) is 18.2 Å². The number of anilines is 3. The summed E-state index contributed by atoms with van der Waals surface area (Å²) in [6.45, 7) is 4.11. The van der Waals surface area contributed by atoms with Gasteiger partial charge in [-0.2, -0.15) is 5.26 Å². The molecule has 6 heteroatoms. The Morgan fingerprint density at radius 2 is 1.89 bits per heavy atom. The molecule has 6 nitrogen and oxygen atoms in total. The Bertz CT molecular complexity index is 1420. The molecule has 0 amide bonds. The molecule has 0 bridgehead atoms. The van der Waals surface area contributed by atoms with Gasteiger partial charge in [0.05, 0.1) is 29.2 Å². The summed E-state index contributed by atoms with van der Waals surface area (Å²) in [5.74, 6) is 1.59. The van der Waals surface area contributed by atoms with Crippen molar-refractivity contribution in [3.63, 3.8) is 0 Å². The second kappa shape index (κ2) is 9.43. The first-order chi connectivity index (χ1) is 17.7. The monoisotopic (exact) mass is 472 g/mol. The van der Waals surface area contributed by atoms with Crippen molar-refractivity contribution in [2.45, 2.75) is 45.2 Å². The third-order valence-electron chi connectivity index (χ3n) is 7.13. The van der Waals surface area contributed by atoms with E-state index in [1.165, 1.54) is 18.4 Å². The fourth-order valence-corrected chi connectivity index (χ4v) is 5.03. The fraction of sp³-hybridized carbons (Fsp3) is 0.267. The molecule has 0 radical (unpaired) electrons. The molecule has 0 N–H and O–H groups in total. The van der Waals surface area contributed by atoms with E-state index < -0.39 is 0 Å². The van der Waals surface area contributed by atoms with E-state index in [9.17, 15) is 5.26 Å². The van der Waals surface area contributed by atoms with Crippen LogP contribution in [0.1, 0.15) is 52.4 Å². The van der Waals surface area contributed by atoms with E-state index in [1.54, 1.807) is 6.33 Å². The van der Waals surface area contributed by atoms with E-state index in [0.717, 1.165) is 52.7 Å². The minimum absolute atomic E-state index is 0.617. The molecular weight excluding hydrogens is 444 g/mol. The van der Waals surface area contributed by atoms with E-state index in [-0.39, 0.29) is 0 Å². The quantitative estimate of drug-likeness (QED) is 0.352. The lowest BCUT2D eigenvalue weighted by atomic mass is 10.0. The molecule has 2 aliphatic rings. The van der Waals surface area contributed by atoms with Gasteiger partial charge < -0.3 is 9.80 Å². The minimum Gasteiger partial charge on any atom is -0.366 e. The van der Waals surface area contributed by atoms with Crippen LogP contribution in [0.2, 0.25) is 0 Å². The lowest BCUT2D eigenvalue weighted by Gasteiger charge is -2.34. The maximum Gasteiger partial charge on any atom is 0.142 e. The molecular formula is C30H28N6. The second-order valence-electron chi connectivity index (χ2n) is 9.71. The van der Waals surface area contributed by atoms with Crippen LogP contribution < -0.4 is 9.80 Å². The number of hydrogen-bond acceptors (Lipinski definition) is 6. The smallest absolute Gasteiger partial charge is 0.142 e. The number of para-hydroxylation sites is 1. The Morgan fingerprint density at radius 3 is 2.64 bits per heavy atom. The third kappa shape index (κ3) is 4.40. The van der Waals surface area contributed by atoms with E-state index in [0.29, 0.717) is 24.6 Å². The molecule has 0 saturated heterocycles. The highest BCUT2D eigenvalue weighted by Gasteiger charge is 2.27. The summed E-state index contributed by atoms with van der Waals surface area (Å²) in [7, 11) is 0. The van der Waals surface area contributed by atoms with Crippen LogP contribution in [0.15, 0.2) is 73.2 Å². The first kappa shape index (κ1) is 22.2. The SMILES string of the molecule is Cc1ccc(N2CCc3ncnc(N(Cc4ccc(C5CC5)cn4)c4ccccc4)c3C2)c(C#N)c1. The molecule has 2 aromatic carbocycles. The first-order valence-electron chi connectivity index (χ1n) is 12.6. The number of fused-ring (bicyclic) bond motifs is 1. The molecule has 36 heavy (non-hydrogen) atoms. The van der Waals surface area contributed by atoms with Crippen molar-refractivity contribution in [2.24, 2.45) is 0 Å². The van der Waals surface area contributed by atoms with Gasteiger partial charge in [-0.1, -0.05) is 30.3 Å². The van der Waals surface area contributed by atoms with Gasteiger partial charge in [0.15, 0.2) is 0 Å². The maximum atomic E-state index is 9.77. The Labute approximate surface area is 211 Å². The topological polar surface area (TPSA) is 68.9 Å². The van der Waals surface area contributed by atoms with Crippen molar-refractivity contribution in [1.29, 1.82) is 5.26 Å². The molecule has 6 rings (SSSR count). The average Bonchev–Trinajstić information content (AvgIpc) is 3.78. The van der Waals surface area contributed by atoms with Gasteiger partial charge in [0.25, 0.3) is 0 Å². The third-order valence-corrected chi connectivity index (χ3v) is 7.13. The van der Waals surface area contributed by atoms with Crippen LogP contribution in [0.3, 0.4) is 0 Å². The average molecular weight is 473 g/mol. The molecule has 2 aromatic heterocycles. The lowest BCUT2D eigenvalue weighted by Crippen LogP contribution is -2.33. The maximum absolute atomic E-state index is 9.77. The van der Waals surface area contributed by atoms with Crippen LogP contribution in [-0.2, 0) is 19.5 Å². The van der Waals surface area contributed by atoms with Gasteiger partial charge in [0.2, 0.25) is 0 Å². The Morgan fingerprint density at radius 1 is 1.03 bits per heavy atom. The fourth-order valence-electron chi connectivity index (χ4n) is 5.03. The minimum atomic E-state index is 0.617. The second-order valence-corrected chi connectivity index (χ2v) is 9.71. The van der Waals surface area contributed by atoms with E-state index >= 15 is 0 Å². The Balaban J connectivity index is 1.37. The summed E-state index contributed by atoms with van der Waals surface area (Å²) >= 11 is 0. The summed E-state index contributed by atoms with van der Waals surface area (Å²) in [6, 6.07) is 23.2. The zero-order valence-corrected chi connectivity index (χ0v) is 20.4. The number of benzene rings is 2. The van der Waals surface area contributed by atoms with Gasteiger partial charge in [-0.05, 0) is 67.1 Å². The molecule has 0 unspecified atom stereocenters. The van der Waals surface area contributed by atoms with Gasteiger partial charge in [-0.15, -0.1) is 0 Å². The highest BCUT2D eigenvalue weighted by atomic mass is 15.2. The van der Waals surface area contributed by atoms with Crippen LogP contribution in [0.4, 0.5) is 17.2 Å². The van der Waals surface area contributed by atoms with Crippen LogP contribution >= 0.6 is 0 Å². The molecule has 0 spiro atoms. The lowest BCUT2D eigenvalue weighted by molar-refractivity contribution is 0.699. The highest BCUT2D eigenvalue weighted by Crippen LogP contribution is 2.40.